The molecule has 5 heteroatoms. The van der Waals surface area contributed by atoms with E-state index in [1.165, 1.54) is 11.1 Å². The van der Waals surface area contributed by atoms with Crippen molar-refractivity contribution in [1.82, 2.24) is 14.9 Å². The van der Waals surface area contributed by atoms with E-state index in [9.17, 15) is 0 Å². The summed E-state index contributed by atoms with van der Waals surface area (Å²) < 4.78 is 1.90. The van der Waals surface area contributed by atoms with E-state index in [0.29, 0.717) is 0 Å². The molecule has 1 aromatic heterocycles. The van der Waals surface area contributed by atoms with Crippen molar-refractivity contribution in [2.45, 2.75) is 31.3 Å². The van der Waals surface area contributed by atoms with Gasteiger partial charge in [0.2, 0.25) is 5.16 Å². The van der Waals surface area contributed by atoms with Gasteiger partial charge in [-0.25, -0.2) is 0 Å². The Balaban J connectivity index is 1.68. The summed E-state index contributed by atoms with van der Waals surface area (Å²) in [7, 11) is 0. The summed E-state index contributed by atoms with van der Waals surface area (Å²) in [5, 5.41) is 14.3. The largest absolute Gasteiger partial charge is 0.212 e. The van der Waals surface area contributed by atoms with Crippen LogP contribution < -0.4 is 0 Å². The van der Waals surface area contributed by atoms with Crippen molar-refractivity contribution in [3.8, 4) is 11.1 Å². The lowest BCUT2D eigenvalue weighted by molar-refractivity contribution is 0.509. The minimum absolute atomic E-state index is 0.0884. The van der Waals surface area contributed by atoms with Crippen LogP contribution >= 0.6 is 11.8 Å². The number of hydrogen-bond donors (Lipinski definition) is 0. The van der Waals surface area contributed by atoms with Crippen LogP contribution in [0, 0.1) is 0 Å². The molecule has 0 spiro atoms. The van der Waals surface area contributed by atoms with E-state index >= 15 is 0 Å². The van der Waals surface area contributed by atoms with Gasteiger partial charge in [0.1, 0.15) is 0 Å². The Kier molecular flexibility index (Phi) is 3.96. The fourth-order valence-corrected chi connectivity index (χ4v) is 3.66. The van der Waals surface area contributed by atoms with Crippen LogP contribution in [0.1, 0.15) is 32.2 Å². The maximum atomic E-state index is 4.83. The molecule has 0 amide bonds. The Morgan fingerprint density at radius 3 is 2.16 bits per heavy atom. The van der Waals surface area contributed by atoms with Crippen LogP contribution in [-0.2, 0) is 5.41 Å². The molecule has 0 unspecified atom stereocenters. The smallest absolute Gasteiger partial charge is 0.191 e. The zero-order valence-electron chi connectivity index (χ0n) is 14.6. The molecule has 0 radical (unpaired) electrons. The molecule has 25 heavy (non-hydrogen) atoms. The number of benzene rings is 2. The van der Waals surface area contributed by atoms with E-state index in [1.807, 2.05) is 10.7 Å². The molecule has 2 aromatic carbocycles. The van der Waals surface area contributed by atoms with Gasteiger partial charge in [0.05, 0.1) is 5.71 Å². The molecule has 0 bridgehead atoms. The van der Waals surface area contributed by atoms with Crippen molar-refractivity contribution in [1.29, 1.82) is 0 Å². The van der Waals surface area contributed by atoms with Gasteiger partial charge in [-0.1, -0.05) is 87.1 Å². The van der Waals surface area contributed by atoms with Crippen molar-refractivity contribution in [2.75, 3.05) is 5.75 Å². The van der Waals surface area contributed by atoms with Crippen LogP contribution in [0.15, 0.2) is 64.9 Å². The highest BCUT2D eigenvalue weighted by molar-refractivity contribution is 7.99. The van der Waals surface area contributed by atoms with Crippen molar-refractivity contribution < 1.29 is 0 Å². The van der Waals surface area contributed by atoms with Gasteiger partial charge in [-0.2, -0.15) is 9.78 Å². The highest BCUT2D eigenvalue weighted by atomic mass is 32.2. The zero-order valence-corrected chi connectivity index (χ0v) is 15.4. The first-order valence-electron chi connectivity index (χ1n) is 8.35. The first-order chi connectivity index (χ1) is 12.0. The molecule has 0 saturated carbocycles. The predicted octanol–water partition coefficient (Wildman–Crippen LogP) is 4.60. The number of fused-ring (bicyclic) bond motifs is 1. The molecule has 0 fully saturated rings. The van der Waals surface area contributed by atoms with Gasteiger partial charge in [-0.3, -0.25) is 0 Å². The summed E-state index contributed by atoms with van der Waals surface area (Å²) in [6.45, 7) is 6.40. The maximum Gasteiger partial charge on any atom is 0.212 e. The highest BCUT2D eigenvalue weighted by Crippen LogP contribution is 2.29. The second-order valence-corrected chi connectivity index (χ2v) is 8.09. The average molecular weight is 348 g/mol. The summed E-state index contributed by atoms with van der Waals surface area (Å²) in [4.78, 5) is 0. The molecule has 0 N–H and O–H groups in total. The Morgan fingerprint density at radius 2 is 1.48 bits per heavy atom. The summed E-state index contributed by atoms with van der Waals surface area (Å²) in [6.07, 6.45) is 0. The van der Waals surface area contributed by atoms with Crippen molar-refractivity contribution >= 4 is 17.5 Å². The second-order valence-electron chi connectivity index (χ2n) is 7.15. The quantitative estimate of drug-likeness (QED) is 0.680. The molecule has 1 aliphatic heterocycles. The lowest BCUT2D eigenvalue weighted by atomic mass is 9.96. The third kappa shape index (κ3) is 3.12. The van der Waals surface area contributed by atoms with Crippen LogP contribution in [0.25, 0.3) is 11.1 Å². The van der Waals surface area contributed by atoms with Gasteiger partial charge in [0.15, 0.2) is 5.82 Å². The molecule has 126 valence electrons. The molecule has 1 aliphatic rings. The first-order valence-corrected chi connectivity index (χ1v) is 9.33. The topological polar surface area (TPSA) is 43.1 Å². The first kappa shape index (κ1) is 16.1. The Bertz CT molecular complexity index is 919. The fraction of sp³-hybridized carbons (Fsp3) is 0.250. The van der Waals surface area contributed by atoms with Gasteiger partial charge in [-0.15, -0.1) is 10.2 Å². The highest BCUT2D eigenvalue weighted by Gasteiger charge is 2.27. The minimum Gasteiger partial charge on any atom is -0.191 e. The van der Waals surface area contributed by atoms with Crippen LogP contribution in [-0.4, -0.2) is 26.3 Å². The lowest BCUT2D eigenvalue weighted by Crippen LogP contribution is -2.21. The normalized spacial score (nSPS) is 14.1. The molecule has 3 aromatic rings. The molecule has 2 heterocycles. The monoisotopic (exact) mass is 348 g/mol. The van der Waals surface area contributed by atoms with Crippen molar-refractivity contribution in [3.05, 3.63) is 66.0 Å². The molecule has 4 nitrogen and oxygen atoms in total. The molecule has 0 aliphatic carbocycles. The van der Waals surface area contributed by atoms with E-state index in [0.717, 1.165) is 28.0 Å². The third-order valence-electron chi connectivity index (χ3n) is 4.17. The van der Waals surface area contributed by atoms with Crippen LogP contribution in [0.4, 0.5) is 0 Å². The SMILES string of the molecule is CC(C)(C)c1nnc2n1N=C(c1ccc(-c3ccccc3)cc1)CS2. The molecular formula is C20H20N4S. The van der Waals surface area contributed by atoms with Gasteiger partial charge >= 0.3 is 0 Å². The molecule has 0 saturated heterocycles. The Labute approximate surface area is 152 Å². The van der Waals surface area contributed by atoms with Crippen LogP contribution in [0.2, 0.25) is 0 Å². The van der Waals surface area contributed by atoms with Crippen molar-refractivity contribution in [3.63, 3.8) is 0 Å². The summed E-state index contributed by atoms with van der Waals surface area (Å²) >= 11 is 1.69. The maximum absolute atomic E-state index is 4.83. The van der Waals surface area contributed by atoms with Gasteiger partial charge in [0.25, 0.3) is 0 Å². The number of nitrogens with zero attached hydrogens (tertiary/aromatic N) is 4. The number of rotatable bonds is 2. The van der Waals surface area contributed by atoms with Gasteiger partial charge < -0.3 is 0 Å². The number of hydrogen-bond acceptors (Lipinski definition) is 4. The van der Waals surface area contributed by atoms with E-state index in [1.54, 1.807) is 11.8 Å². The second kappa shape index (κ2) is 6.15. The molecule has 4 rings (SSSR count). The summed E-state index contributed by atoms with van der Waals surface area (Å²) in [5.74, 6) is 1.71. The summed E-state index contributed by atoms with van der Waals surface area (Å²) in [6, 6.07) is 19.0. The van der Waals surface area contributed by atoms with Crippen molar-refractivity contribution in [2.24, 2.45) is 5.10 Å². The fourth-order valence-electron chi connectivity index (χ4n) is 2.82. The Hall–Kier alpha value is -2.40. The molecule has 0 atom stereocenters. The number of thioether (sulfide) groups is 1. The predicted molar refractivity (Wildman–Crippen MR) is 103 cm³/mol. The minimum atomic E-state index is -0.0884. The van der Waals surface area contributed by atoms with Crippen LogP contribution in [0.3, 0.4) is 0 Å². The van der Waals surface area contributed by atoms with Gasteiger partial charge in [0, 0.05) is 11.2 Å². The number of aromatic nitrogens is 3. The average Bonchev–Trinajstić information content (AvgIpc) is 3.06. The van der Waals surface area contributed by atoms with E-state index < -0.39 is 0 Å². The third-order valence-corrected chi connectivity index (χ3v) is 5.10. The zero-order chi connectivity index (χ0) is 17.4. The standard InChI is InChI=1S/C20H20N4S/c1-20(2,3)18-21-22-19-24(18)23-17(13-25-19)16-11-9-15(10-12-16)14-7-5-4-6-8-14/h4-12H,13H2,1-3H3. The van der Waals surface area contributed by atoms with E-state index in [-0.39, 0.29) is 5.41 Å². The van der Waals surface area contributed by atoms with E-state index in [4.69, 9.17) is 5.10 Å². The summed E-state index contributed by atoms with van der Waals surface area (Å²) in [5.41, 5.74) is 4.56. The van der Waals surface area contributed by atoms with Crippen LogP contribution in [0.5, 0.6) is 0 Å². The lowest BCUT2D eigenvalue weighted by Gasteiger charge is -2.20. The van der Waals surface area contributed by atoms with Gasteiger partial charge in [-0.05, 0) is 16.7 Å². The van der Waals surface area contributed by atoms with E-state index in [2.05, 4.69) is 79.5 Å². The molecular weight excluding hydrogens is 328 g/mol. The Morgan fingerprint density at radius 1 is 0.840 bits per heavy atom.